The van der Waals surface area contributed by atoms with Gasteiger partial charge < -0.3 is 10.6 Å². The Morgan fingerprint density at radius 1 is 0.875 bits per heavy atom. The van der Waals surface area contributed by atoms with Gasteiger partial charge in [0.2, 0.25) is 5.95 Å². The number of nitrogens with one attached hydrogen (secondary N) is 2. The molecule has 1 heterocycles. The minimum atomic E-state index is -0.262. The van der Waals surface area contributed by atoms with Crippen molar-refractivity contribution in [1.29, 1.82) is 0 Å². The Labute approximate surface area is 140 Å². The molecular formula is C19H18N4O. The standard InChI is InChI=1S/C19H18N4O/c1-13-7-6-10-16(11-13)21-18(24)17-12-14(2)20-19(23-17)22-15-8-4-3-5-9-15/h3-12H,1-2H3,(H,21,24)(H,20,22,23). The number of nitrogens with zero attached hydrogens (tertiary/aromatic N) is 2. The minimum absolute atomic E-state index is 0.262. The van der Waals surface area contributed by atoms with Crippen LogP contribution >= 0.6 is 0 Å². The minimum Gasteiger partial charge on any atom is -0.324 e. The summed E-state index contributed by atoms with van der Waals surface area (Å²) >= 11 is 0. The van der Waals surface area contributed by atoms with E-state index in [2.05, 4.69) is 20.6 Å². The second-order valence-electron chi connectivity index (χ2n) is 5.53. The first-order valence-electron chi connectivity index (χ1n) is 7.66. The summed E-state index contributed by atoms with van der Waals surface area (Å²) in [7, 11) is 0. The molecule has 0 fully saturated rings. The van der Waals surface area contributed by atoms with Gasteiger partial charge in [-0.3, -0.25) is 4.79 Å². The molecule has 5 nitrogen and oxygen atoms in total. The van der Waals surface area contributed by atoms with Crippen molar-refractivity contribution in [3.8, 4) is 0 Å². The summed E-state index contributed by atoms with van der Waals surface area (Å²) in [5.41, 5.74) is 3.74. The third-order valence-corrected chi connectivity index (χ3v) is 3.39. The lowest BCUT2D eigenvalue weighted by Crippen LogP contribution is -2.15. The smallest absolute Gasteiger partial charge is 0.274 e. The molecule has 0 saturated heterocycles. The summed E-state index contributed by atoms with van der Waals surface area (Å²) in [6, 6.07) is 18.9. The maximum atomic E-state index is 12.5. The monoisotopic (exact) mass is 318 g/mol. The van der Waals surface area contributed by atoms with Gasteiger partial charge in [0.15, 0.2) is 0 Å². The number of hydrogen-bond acceptors (Lipinski definition) is 4. The number of carbonyl (C=O) groups is 1. The molecule has 2 aromatic carbocycles. The van der Waals surface area contributed by atoms with Crippen LogP contribution in [-0.4, -0.2) is 15.9 Å². The Bertz CT molecular complexity index is 862. The zero-order valence-electron chi connectivity index (χ0n) is 13.6. The maximum Gasteiger partial charge on any atom is 0.274 e. The average molecular weight is 318 g/mol. The van der Waals surface area contributed by atoms with E-state index in [0.717, 1.165) is 22.6 Å². The number of para-hydroxylation sites is 1. The summed E-state index contributed by atoms with van der Waals surface area (Å²) in [5, 5.41) is 5.97. The van der Waals surface area contributed by atoms with E-state index in [1.54, 1.807) is 6.07 Å². The number of rotatable bonds is 4. The van der Waals surface area contributed by atoms with Crippen molar-refractivity contribution in [1.82, 2.24) is 9.97 Å². The molecule has 120 valence electrons. The molecule has 0 spiro atoms. The molecule has 0 aliphatic rings. The first kappa shape index (κ1) is 15.7. The molecular weight excluding hydrogens is 300 g/mol. The highest BCUT2D eigenvalue weighted by molar-refractivity contribution is 6.03. The molecule has 0 atom stereocenters. The van der Waals surface area contributed by atoms with E-state index in [0.29, 0.717) is 11.6 Å². The number of aromatic nitrogens is 2. The fraction of sp³-hybridized carbons (Fsp3) is 0.105. The fourth-order valence-corrected chi connectivity index (χ4v) is 2.31. The van der Waals surface area contributed by atoms with Gasteiger partial charge in [-0.05, 0) is 49.7 Å². The van der Waals surface area contributed by atoms with Crippen LogP contribution in [0.2, 0.25) is 0 Å². The van der Waals surface area contributed by atoms with Crippen LogP contribution < -0.4 is 10.6 Å². The lowest BCUT2D eigenvalue weighted by molar-refractivity contribution is 0.102. The molecule has 5 heteroatoms. The predicted molar refractivity (Wildman–Crippen MR) is 95.6 cm³/mol. The number of aryl methyl sites for hydroxylation is 2. The van der Waals surface area contributed by atoms with Gasteiger partial charge in [0.05, 0.1) is 0 Å². The Kier molecular flexibility index (Phi) is 4.52. The zero-order valence-corrected chi connectivity index (χ0v) is 13.6. The molecule has 1 aromatic heterocycles. The van der Waals surface area contributed by atoms with E-state index >= 15 is 0 Å². The third-order valence-electron chi connectivity index (χ3n) is 3.39. The van der Waals surface area contributed by atoms with Crippen LogP contribution in [0.15, 0.2) is 60.7 Å². The summed E-state index contributed by atoms with van der Waals surface area (Å²) < 4.78 is 0. The number of benzene rings is 2. The van der Waals surface area contributed by atoms with Gasteiger partial charge in [-0.15, -0.1) is 0 Å². The highest BCUT2D eigenvalue weighted by Crippen LogP contribution is 2.15. The number of hydrogen-bond donors (Lipinski definition) is 2. The van der Waals surface area contributed by atoms with E-state index in [4.69, 9.17) is 0 Å². The Morgan fingerprint density at radius 2 is 1.62 bits per heavy atom. The Balaban J connectivity index is 1.81. The van der Waals surface area contributed by atoms with Crippen LogP contribution in [0.5, 0.6) is 0 Å². The van der Waals surface area contributed by atoms with E-state index in [1.807, 2.05) is 68.4 Å². The largest absolute Gasteiger partial charge is 0.324 e. The first-order valence-corrected chi connectivity index (χ1v) is 7.66. The lowest BCUT2D eigenvalue weighted by atomic mass is 10.2. The summed E-state index contributed by atoms with van der Waals surface area (Å²) in [5.74, 6) is 0.137. The van der Waals surface area contributed by atoms with Crippen molar-refractivity contribution in [3.05, 3.63) is 77.6 Å². The van der Waals surface area contributed by atoms with Gasteiger partial charge in [-0.25, -0.2) is 9.97 Å². The molecule has 0 bridgehead atoms. The van der Waals surface area contributed by atoms with E-state index in [-0.39, 0.29) is 5.91 Å². The molecule has 0 aliphatic carbocycles. The molecule has 3 aromatic rings. The van der Waals surface area contributed by atoms with Crippen LogP contribution in [0.25, 0.3) is 0 Å². The zero-order chi connectivity index (χ0) is 16.9. The van der Waals surface area contributed by atoms with Crippen LogP contribution in [0, 0.1) is 13.8 Å². The Hall–Kier alpha value is -3.21. The number of anilines is 3. The van der Waals surface area contributed by atoms with Gasteiger partial charge in [0, 0.05) is 17.1 Å². The molecule has 0 radical (unpaired) electrons. The van der Waals surface area contributed by atoms with Crippen LogP contribution in [0.4, 0.5) is 17.3 Å². The van der Waals surface area contributed by atoms with Crippen LogP contribution in [0.3, 0.4) is 0 Å². The average Bonchev–Trinajstić information content (AvgIpc) is 2.55. The highest BCUT2D eigenvalue weighted by Gasteiger charge is 2.11. The quantitative estimate of drug-likeness (QED) is 0.760. The van der Waals surface area contributed by atoms with Crippen molar-refractivity contribution in [2.45, 2.75) is 13.8 Å². The molecule has 1 amide bonds. The molecule has 2 N–H and O–H groups in total. The lowest BCUT2D eigenvalue weighted by Gasteiger charge is -2.09. The van der Waals surface area contributed by atoms with Crippen molar-refractivity contribution in [2.24, 2.45) is 0 Å². The fourth-order valence-electron chi connectivity index (χ4n) is 2.31. The second kappa shape index (κ2) is 6.91. The van der Waals surface area contributed by atoms with Gasteiger partial charge in [0.1, 0.15) is 5.69 Å². The SMILES string of the molecule is Cc1cccc(NC(=O)c2cc(C)nc(Nc3ccccc3)n2)c1. The van der Waals surface area contributed by atoms with Gasteiger partial charge in [0.25, 0.3) is 5.91 Å². The summed E-state index contributed by atoms with van der Waals surface area (Å²) in [6.07, 6.45) is 0. The van der Waals surface area contributed by atoms with E-state index in [9.17, 15) is 4.79 Å². The van der Waals surface area contributed by atoms with Crippen LogP contribution in [0.1, 0.15) is 21.7 Å². The van der Waals surface area contributed by atoms with Crippen molar-refractivity contribution >= 4 is 23.2 Å². The molecule has 0 saturated carbocycles. The Morgan fingerprint density at radius 3 is 2.38 bits per heavy atom. The van der Waals surface area contributed by atoms with Gasteiger partial charge in [-0.1, -0.05) is 30.3 Å². The normalized spacial score (nSPS) is 10.2. The van der Waals surface area contributed by atoms with E-state index in [1.165, 1.54) is 0 Å². The van der Waals surface area contributed by atoms with Crippen molar-refractivity contribution < 1.29 is 4.79 Å². The van der Waals surface area contributed by atoms with E-state index < -0.39 is 0 Å². The van der Waals surface area contributed by atoms with Crippen molar-refractivity contribution in [3.63, 3.8) is 0 Å². The number of carbonyl (C=O) groups excluding carboxylic acids is 1. The first-order chi connectivity index (χ1) is 11.6. The third kappa shape index (κ3) is 3.95. The highest BCUT2D eigenvalue weighted by atomic mass is 16.1. The summed E-state index contributed by atoms with van der Waals surface area (Å²) in [4.78, 5) is 21.1. The predicted octanol–water partition coefficient (Wildman–Crippen LogP) is 4.09. The van der Waals surface area contributed by atoms with Gasteiger partial charge in [-0.2, -0.15) is 0 Å². The molecule has 0 aliphatic heterocycles. The number of amides is 1. The van der Waals surface area contributed by atoms with Crippen LogP contribution in [-0.2, 0) is 0 Å². The molecule has 0 unspecified atom stereocenters. The second-order valence-corrected chi connectivity index (χ2v) is 5.53. The maximum absolute atomic E-state index is 12.5. The topological polar surface area (TPSA) is 66.9 Å². The van der Waals surface area contributed by atoms with Gasteiger partial charge >= 0.3 is 0 Å². The molecule has 24 heavy (non-hydrogen) atoms. The molecule has 3 rings (SSSR count). The summed E-state index contributed by atoms with van der Waals surface area (Å²) in [6.45, 7) is 3.81. The van der Waals surface area contributed by atoms with Crippen molar-refractivity contribution in [2.75, 3.05) is 10.6 Å².